The van der Waals surface area contributed by atoms with Crippen molar-refractivity contribution in [1.82, 2.24) is 29.8 Å². The van der Waals surface area contributed by atoms with Gasteiger partial charge in [0.2, 0.25) is 0 Å². The summed E-state index contributed by atoms with van der Waals surface area (Å²) in [6, 6.07) is 3.67. The van der Waals surface area contributed by atoms with E-state index in [9.17, 15) is 4.79 Å². The van der Waals surface area contributed by atoms with Gasteiger partial charge in [-0.2, -0.15) is 10.1 Å². The Morgan fingerprint density at radius 1 is 1.33 bits per heavy atom. The van der Waals surface area contributed by atoms with Gasteiger partial charge >= 0.3 is 0 Å². The highest BCUT2D eigenvalue weighted by molar-refractivity contribution is 5.95. The van der Waals surface area contributed by atoms with Crippen molar-refractivity contribution in [2.75, 3.05) is 26.8 Å². The van der Waals surface area contributed by atoms with Crippen LogP contribution in [0.1, 0.15) is 41.1 Å². The molecule has 0 radical (unpaired) electrons. The van der Waals surface area contributed by atoms with Crippen LogP contribution in [-0.4, -0.2) is 62.5 Å². The molecule has 3 aromatic rings. The van der Waals surface area contributed by atoms with Crippen molar-refractivity contribution < 1.29 is 14.1 Å². The summed E-state index contributed by atoms with van der Waals surface area (Å²) in [5.74, 6) is 1.06. The average Bonchev–Trinajstić information content (AvgIpc) is 3.39. The van der Waals surface area contributed by atoms with Crippen molar-refractivity contribution in [1.29, 1.82) is 0 Å². The van der Waals surface area contributed by atoms with Crippen LogP contribution in [0, 0.1) is 6.92 Å². The molecule has 1 saturated heterocycles. The van der Waals surface area contributed by atoms with E-state index < -0.39 is 5.41 Å². The van der Waals surface area contributed by atoms with Gasteiger partial charge < -0.3 is 14.2 Å². The summed E-state index contributed by atoms with van der Waals surface area (Å²) >= 11 is 0. The van der Waals surface area contributed by atoms with Gasteiger partial charge in [-0.25, -0.2) is 0 Å². The number of rotatable bonds is 6. The lowest BCUT2D eigenvalue weighted by Crippen LogP contribution is -2.49. The Balaban J connectivity index is 1.64. The summed E-state index contributed by atoms with van der Waals surface area (Å²) in [6.45, 7) is 3.61. The van der Waals surface area contributed by atoms with E-state index in [0.717, 1.165) is 24.1 Å². The number of ether oxygens (including phenoxy) is 1. The monoisotopic (exact) mass is 410 g/mol. The molecule has 1 unspecified atom stereocenters. The van der Waals surface area contributed by atoms with Crippen molar-refractivity contribution in [3.63, 3.8) is 0 Å². The zero-order chi connectivity index (χ0) is 21.1. The Kier molecular flexibility index (Phi) is 5.63. The minimum Gasteiger partial charge on any atom is -0.385 e. The van der Waals surface area contributed by atoms with Gasteiger partial charge in [0, 0.05) is 58.0 Å². The number of piperidine rings is 1. The third-order valence-corrected chi connectivity index (χ3v) is 5.72. The molecule has 0 bridgehead atoms. The number of hydrogen-bond donors (Lipinski definition) is 0. The molecule has 0 aromatic carbocycles. The van der Waals surface area contributed by atoms with Gasteiger partial charge in [0.15, 0.2) is 5.82 Å². The lowest BCUT2D eigenvalue weighted by molar-refractivity contribution is 0.0566. The highest BCUT2D eigenvalue weighted by Gasteiger charge is 2.42. The van der Waals surface area contributed by atoms with Crippen LogP contribution >= 0.6 is 0 Å². The minimum atomic E-state index is -0.422. The largest absolute Gasteiger partial charge is 0.385 e. The molecule has 9 nitrogen and oxygen atoms in total. The fourth-order valence-electron chi connectivity index (χ4n) is 4.13. The second kappa shape index (κ2) is 8.35. The fourth-order valence-corrected chi connectivity index (χ4v) is 4.13. The number of amides is 1. The molecule has 1 atom stereocenters. The van der Waals surface area contributed by atoms with Crippen molar-refractivity contribution in [2.45, 2.75) is 31.6 Å². The SMILES string of the molecule is COCCC1(c2noc(-c3ccncc3)n2)CCCN(C(=O)c2cn(C)nc2C)C1. The number of hydrogen-bond acceptors (Lipinski definition) is 7. The molecule has 0 N–H and O–H groups in total. The van der Waals surface area contributed by atoms with Gasteiger partial charge in [0.05, 0.1) is 16.7 Å². The van der Waals surface area contributed by atoms with Crippen LogP contribution in [-0.2, 0) is 17.2 Å². The normalized spacial score (nSPS) is 19.2. The van der Waals surface area contributed by atoms with Crippen molar-refractivity contribution in [3.05, 3.63) is 47.8 Å². The maximum Gasteiger partial charge on any atom is 0.258 e. The van der Waals surface area contributed by atoms with Crippen molar-refractivity contribution >= 4 is 5.91 Å². The van der Waals surface area contributed by atoms with Crippen LogP contribution in [0.25, 0.3) is 11.5 Å². The first kappa shape index (κ1) is 20.2. The third-order valence-electron chi connectivity index (χ3n) is 5.72. The standard InChI is InChI=1S/C21H26N6O3/c1-15-17(13-26(2)24-15)19(28)27-11-4-7-21(14-27,8-12-29-3)20-23-18(30-25-20)16-5-9-22-10-6-16/h5-6,9-10,13H,4,7-8,11-12,14H2,1-3H3. The van der Waals surface area contributed by atoms with Crippen LogP contribution in [0.4, 0.5) is 0 Å². The molecule has 1 aliphatic rings. The number of carbonyl (C=O) groups is 1. The Bertz CT molecular complexity index is 1010. The van der Waals surface area contributed by atoms with Gasteiger partial charge in [0.1, 0.15) is 0 Å². The van der Waals surface area contributed by atoms with Gasteiger partial charge in [-0.1, -0.05) is 5.16 Å². The molecule has 1 fully saturated rings. The van der Waals surface area contributed by atoms with Crippen LogP contribution in [0.2, 0.25) is 0 Å². The summed E-state index contributed by atoms with van der Waals surface area (Å²) in [7, 11) is 3.50. The fraction of sp³-hybridized carbons (Fsp3) is 0.476. The smallest absolute Gasteiger partial charge is 0.258 e. The molecule has 0 spiro atoms. The first-order valence-electron chi connectivity index (χ1n) is 10.1. The third kappa shape index (κ3) is 3.85. The lowest BCUT2D eigenvalue weighted by Gasteiger charge is -2.40. The van der Waals surface area contributed by atoms with E-state index in [4.69, 9.17) is 14.2 Å². The average molecular weight is 410 g/mol. The van der Waals surface area contributed by atoms with Crippen LogP contribution in [0.15, 0.2) is 35.2 Å². The Morgan fingerprint density at radius 2 is 2.13 bits per heavy atom. The number of nitrogens with zero attached hydrogens (tertiary/aromatic N) is 6. The first-order valence-corrected chi connectivity index (χ1v) is 10.1. The van der Waals surface area contributed by atoms with E-state index in [1.54, 1.807) is 30.4 Å². The molecule has 0 saturated carbocycles. The number of carbonyl (C=O) groups excluding carboxylic acids is 1. The molecule has 3 aromatic heterocycles. The lowest BCUT2D eigenvalue weighted by atomic mass is 9.76. The van der Waals surface area contributed by atoms with Gasteiger partial charge in [-0.15, -0.1) is 0 Å². The van der Waals surface area contributed by atoms with Gasteiger partial charge in [0.25, 0.3) is 11.8 Å². The van der Waals surface area contributed by atoms with E-state index in [2.05, 4.69) is 15.2 Å². The summed E-state index contributed by atoms with van der Waals surface area (Å²) in [4.78, 5) is 23.8. The van der Waals surface area contributed by atoms with E-state index in [1.807, 2.05) is 31.0 Å². The second-order valence-electron chi connectivity index (χ2n) is 7.81. The molecule has 1 amide bonds. The van der Waals surface area contributed by atoms with Gasteiger partial charge in [-0.05, 0) is 38.3 Å². The van der Waals surface area contributed by atoms with E-state index >= 15 is 0 Å². The Morgan fingerprint density at radius 3 is 2.83 bits per heavy atom. The van der Waals surface area contributed by atoms with E-state index in [-0.39, 0.29) is 5.91 Å². The molecule has 4 rings (SSSR count). The number of methoxy groups -OCH3 is 1. The maximum absolute atomic E-state index is 13.2. The topological polar surface area (TPSA) is 99.2 Å². The summed E-state index contributed by atoms with van der Waals surface area (Å²) in [5, 5.41) is 8.63. The minimum absolute atomic E-state index is 0.0139. The maximum atomic E-state index is 13.2. The van der Waals surface area contributed by atoms with E-state index in [0.29, 0.717) is 43.4 Å². The molecule has 0 aliphatic carbocycles. The predicted octanol–water partition coefficient (Wildman–Crippen LogP) is 2.38. The zero-order valence-corrected chi connectivity index (χ0v) is 17.5. The summed E-state index contributed by atoms with van der Waals surface area (Å²) < 4.78 is 12.6. The number of pyridine rings is 1. The second-order valence-corrected chi connectivity index (χ2v) is 7.81. The molecule has 4 heterocycles. The predicted molar refractivity (Wildman–Crippen MR) is 109 cm³/mol. The molecular formula is C21H26N6O3. The Labute approximate surface area is 175 Å². The summed E-state index contributed by atoms with van der Waals surface area (Å²) in [5.41, 5.74) is 1.76. The number of aromatic nitrogens is 5. The first-order chi connectivity index (χ1) is 14.5. The summed E-state index contributed by atoms with van der Waals surface area (Å²) in [6.07, 6.45) is 7.58. The highest BCUT2D eigenvalue weighted by atomic mass is 16.5. The molecule has 158 valence electrons. The van der Waals surface area contributed by atoms with E-state index in [1.165, 1.54) is 0 Å². The van der Waals surface area contributed by atoms with Crippen molar-refractivity contribution in [2.24, 2.45) is 7.05 Å². The van der Waals surface area contributed by atoms with Gasteiger partial charge in [-0.3, -0.25) is 14.5 Å². The van der Waals surface area contributed by atoms with Crippen molar-refractivity contribution in [3.8, 4) is 11.5 Å². The quantitative estimate of drug-likeness (QED) is 0.615. The van der Waals surface area contributed by atoms with Crippen LogP contribution in [0.5, 0.6) is 0 Å². The zero-order valence-electron chi connectivity index (χ0n) is 17.5. The Hall–Kier alpha value is -3.07. The van der Waals surface area contributed by atoms with Crippen LogP contribution in [0.3, 0.4) is 0 Å². The molecule has 30 heavy (non-hydrogen) atoms. The molecule has 1 aliphatic heterocycles. The number of aryl methyl sites for hydroxylation is 2. The highest BCUT2D eigenvalue weighted by Crippen LogP contribution is 2.37. The van der Waals surface area contributed by atoms with Crippen LogP contribution < -0.4 is 0 Å². The molecular weight excluding hydrogens is 384 g/mol. The number of likely N-dealkylation sites (tertiary alicyclic amines) is 1. The molecule has 9 heteroatoms.